The molecule has 0 atom stereocenters. The van der Waals surface area contributed by atoms with Crippen molar-refractivity contribution in [1.82, 2.24) is 0 Å². The number of aryl methyl sites for hydroxylation is 3. The summed E-state index contributed by atoms with van der Waals surface area (Å²) in [5.74, 6) is -0.116. The molecule has 0 amide bonds. The van der Waals surface area contributed by atoms with Crippen molar-refractivity contribution in [2.24, 2.45) is 0 Å². The second-order valence-electron chi connectivity index (χ2n) is 6.97. The summed E-state index contributed by atoms with van der Waals surface area (Å²) < 4.78 is 32.4. The highest BCUT2D eigenvalue weighted by Gasteiger charge is 2.22. The Hall–Kier alpha value is -3.12. The van der Waals surface area contributed by atoms with E-state index in [-0.39, 0.29) is 4.90 Å². The summed E-state index contributed by atoms with van der Waals surface area (Å²) in [5, 5.41) is 0. The van der Waals surface area contributed by atoms with Gasteiger partial charge in [0.05, 0.1) is 16.1 Å². The number of hydrogen-bond donors (Lipinski definition) is 0. The molecule has 0 bridgehead atoms. The summed E-state index contributed by atoms with van der Waals surface area (Å²) in [6.45, 7) is 5.72. The van der Waals surface area contributed by atoms with E-state index < -0.39 is 16.0 Å². The van der Waals surface area contributed by atoms with Gasteiger partial charge >= 0.3 is 5.97 Å². The summed E-state index contributed by atoms with van der Waals surface area (Å²) in [5.41, 5.74) is 3.85. The van der Waals surface area contributed by atoms with Crippen molar-refractivity contribution in [3.05, 3.63) is 89.0 Å². The molecule has 3 aromatic carbocycles. The number of carbonyl (C=O) groups excluding carboxylic acids is 1. The highest BCUT2D eigenvalue weighted by molar-refractivity contribution is 7.92. The monoisotopic (exact) mass is 409 g/mol. The third-order valence-electron chi connectivity index (χ3n) is 4.80. The van der Waals surface area contributed by atoms with Gasteiger partial charge in [-0.2, -0.15) is 0 Å². The van der Waals surface area contributed by atoms with Gasteiger partial charge in [0.2, 0.25) is 0 Å². The minimum absolute atomic E-state index is 0.234. The smallest absolute Gasteiger partial charge is 0.343 e. The Balaban J connectivity index is 1.78. The first kappa shape index (κ1) is 20.6. The number of anilines is 1. The van der Waals surface area contributed by atoms with Gasteiger partial charge in [-0.15, -0.1) is 0 Å². The van der Waals surface area contributed by atoms with Crippen LogP contribution in [-0.4, -0.2) is 21.4 Å². The fourth-order valence-electron chi connectivity index (χ4n) is 2.83. The SMILES string of the molecule is Cc1cccc(C(=O)Oc2ccc(N(C)S(=O)(=O)c3ccc(C)c(C)c3)cc2)c1. The number of benzene rings is 3. The maximum atomic E-state index is 12.9. The van der Waals surface area contributed by atoms with Crippen LogP contribution in [0.1, 0.15) is 27.0 Å². The van der Waals surface area contributed by atoms with Crippen molar-refractivity contribution in [2.45, 2.75) is 25.7 Å². The first-order valence-corrected chi connectivity index (χ1v) is 10.6. The normalized spacial score (nSPS) is 11.2. The molecule has 0 spiro atoms. The van der Waals surface area contributed by atoms with Crippen molar-refractivity contribution in [3.8, 4) is 5.75 Å². The number of carbonyl (C=O) groups is 1. The van der Waals surface area contributed by atoms with E-state index in [1.165, 1.54) is 11.4 Å². The quantitative estimate of drug-likeness (QED) is 0.454. The third-order valence-corrected chi connectivity index (χ3v) is 6.58. The van der Waals surface area contributed by atoms with Gasteiger partial charge in [0, 0.05) is 7.05 Å². The number of rotatable bonds is 5. The van der Waals surface area contributed by atoms with Crippen LogP contribution in [0.5, 0.6) is 5.75 Å². The Morgan fingerprint density at radius 3 is 2.17 bits per heavy atom. The molecule has 0 aliphatic heterocycles. The van der Waals surface area contributed by atoms with E-state index in [1.807, 2.05) is 26.8 Å². The van der Waals surface area contributed by atoms with E-state index in [0.29, 0.717) is 17.0 Å². The highest BCUT2D eigenvalue weighted by atomic mass is 32.2. The van der Waals surface area contributed by atoms with Crippen LogP contribution < -0.4 is 9.04 Å². The van der Waals surface area contributed by atoms with E-state index in [2.05, 4.69) is 0 Å². The van der Waals surface area contributed by atoms with Gasteiger partial charge in [-0.25, -0.2) is 13.2 Å². The average molecular weight is 410 g/mol. The van der Waals surface area contributed by atoms with Crippen LogP contribution in [0.2, 0.25) is 0 Å². The van der Waals surface area contributed by atoms with Crippen LogP contribution in [0.15, 0.2) is 71.6 Å². The summed E-state index contributed by atoms with van der Waals surface area (Å²) in [4.78, 5) is 12.5. The van der Waals surface area contributed by atoms with Gasteiger partial charge in [0.15, 0.2) is 0 Å². The second kappa shape index (κ2) is 8.09. The molecule has 0 aromatic heterocycles. The molecule has 0 saturated carbocycles. The molecule has 0 heterocycles. The molecule has 0 aliphatic carbocycles. The van der Waals surface area contributed by atoms with Crippen LogP contribution in [-0.2, 0) is 10.0 Å². The lowest BCUT2D eigenvalue weighted by Gasteiger charge is -2.20. The largest absolute Gasteiger partial charge is 0.423 e. The number of sulfonamides is 1. The molecule has 0 fully saturated rings. The molecular weight excluding hydrogens is 386 g/mol. The Labute approximate surface area is 171 Å². The fourth-order valence-corrected chi connectivity index (χ4v) is 4.11. The first-order valence-electron chi connectivity index (χ1n) is 9.13. The van der Waals surface area contributed by atoms with Crippen molar-refractivity contribution >= 4 is 21.7 Å². The maximum Gasteiger partial charge on any atom is 0.343 e. The molecule has 3 rings (SSSR count). The van der Waals surface area contributed by atoms with Crippen LogP contribution >= 0.6 is 0 Å². The van der Waals surface area contributed by atoms with Crippen molar-refractivity contribution in [1.29, 1.82) is 0 Å². The van der Waals surface area contributed by atoms with Gasteiger partial charge in [-0.3, -0.25) is 4.31 Å². The topological polar surface area (TPSA) is 63.7 Å². The zero-order chi connectivity index (χ0) is 21.2. The van der Waals surface area contributed by atoms with E-state index in [0.717, 1.165) is 16.7 Å². The third kappa shape index (κ3) is 4.49. The summed E-state index contributed by atoms with van der Waals surface area (Å²) >= 11 is 0. The Morgan fingerprint density at radius 1 is 0.862 bits per heavy atom. The molecule has 0 aliphatic rings. The second-order valence-corrected chi connectivity index (χ2v) is 8.94. The average Bonchev–Trinajstić information content (AvgIpc) is 2.70. The number of hydrogen-bond acceptors (Lipinski definition) is 4. The number of esters is 1. The lowest BCUT2D eigenvalue weighted by molar-refractivity contribution is 0.0734. The minimum atomic E-state index is -3.69. The van der Waals surface area contributed by atoms with E-state index in [1.54, 1.807) is 60.7 Å². The van der Waals surface area contributed by atoms with Crippen molar-refractivity contribution < 1.29 is 17.9 Å². The van der Waals surface area contributed by atoms with Crippen molar-refractivity contribution in [3.63, 3.8) is 0 Å². The zero-order valence-corrected chi connectivity index (χ0v) is 17.7. The maximum absolute atomic E-state index is 12.9. The van der Waals surface area contributed by atoms with Gasteiger partial charge in [-0.05, 0) is 80.4 Å². The van der Waals surface area contributed by atoms with Crippen molar-refractivity contribution in [2.75, 3.05) is 11.4 Å². The van der Waals surface area contributed by atoms with Crippen LogP contribution in [0.25, 0.3) is 0 Å². The van der Waals surface area contributed by atoms with E-state index in [9.17, 15) is 13.2 Å². The molecule has 5 nitrogen and oxygen atoms in total. The van der Waals surface area contributed by atoms with Gasteiger partial charge in [0.25, 0.3) is 10.0 Å². The van der Waals surface area contributed by atoms with E-state index >= 15 is 0 Å². The molecule has 6 heteroatoms. The Kier molecular flexibility index (Phi) is 5.75. The molecule has 0 radical (unpaired) electrons. The molecule has 150 valence electrons. The van der Waals surface area contributed by atoms with Crippen LogP contribution in [0.3, 0.4) is 0 Å². The number of nitrogens with zero attached hydrogens (tertiary/aromatic N) is 1. The predicted octanol–water partition coefficient (Wildman–Crippen LogP) is 4.66. The van der Waals surface area contributed by atoms with Crippen LogP contribution in [0, 0.1) is 20.8 Å². The lowest BCUT2D eigenvalue weighted by Crippen LogP contribution is -2.26. The Bertz CT molecular complexity index is 1150. The fraction of sp³-hybridized carbons (Fsp3) is 0.174. The van der Waals surface area contributed by atoms with Crippen LogP contribution in [0.4, 0.5) is 5.69 Å². The summed E-state index contributed by atoms with van der Waals surface area (Å²) in [6.07, 6.45) is 0. The predicted molar refractivity (Wildman–Crippen MR) is 114 cm³/mol. The number of ether oxygens (including phenoxy) is 1. The summed E-state index contributed by atoms with van der Waals surface area (Å²) in [6, 6.07) is 18.6. The van der Waals surface area contributed by atoms with E-state index in [4.69, 9.17) is 4.74 Å². The molecule has 3 aromatic rings. The molecule has 0 unspecified atom stereocenters. The minimum Gasteiger partial charge on any atom is -0.423 e. The van der Waals surface area contributed by atoms with Gasteiger partial charge in [0.1, 0.15) is 5.75 Å². The Morgan fingerprint density at radius 2 is 1.55 bits per heavy atom. The molecule has 0 N–H and O–H groups in total. The zero-order valence-electron chi connectivity index (χ0n) is 16.8. The standard InChI is InChI=1S/C23H23NO4S/c1-16-6-5-7-19(14-16)23(25)28-21-11-9-20(10-12-21)24(4)29(26,27)22-13-8-17(2)18(3)15-22/h5-15H,1-4H3. The lowest BCUT2D eigenvalue weighted by atomic mass is 10.1. The van der Waals surface area contributed by atoms with Gasteiger partial charge < -0.3 is 4.74 Å². The molecule has 0 saturated heterocycles. The highest BCUT2D eigenvalue weighted by Crippen LogP contribution is 2.26. The first-order chi connectivity index (χ1) is 13.7. The summed E-state index contributed by atoms with van der Waals surface area (Å²) in [7, 11) is -2.19. The molecule has 29 heavy (non-hydrogen) atoms. The van der Waals surface area contributed by atoms with Gasteiger partial charge in [-0.1, -0.05) is 23.8 Å². The molecular formula is C23H23NO4S.